The van der Waals surface area contributed by atoms with Crippen molar-refractivity contribution in [3.8, 4) is 0 Å². The molecule has 0 saturated carbocycles. The lowest BCUT2D eigenvalue weighted by Gasteiger charge is -2.47. The maximum atomic E-state index is 12.1. The fourth-order valence-electron chi connectivity index (χ4n) is 5.04. The maximum Gasteiger partial charge on any atom is 0.245 e. The molecule has 1 spiro atoms. The minimum Gasteiger partial charge on any atom is -0.366 e. The average molecular weight is 485 g/mol. The third kappa shape index (κ3) is 5.12. The number of carbonyl (C=O) groups is 2. The van der Waals surface area contributed by atoms with Gasteiger partial charge in [0.25, 0.3) is 0 Å². The fraction of sp³-hybridized carbons (Fsp3) is 0.520. The molecule has 2 aliphatic heterocycles. The first-order chi connectivity index (χ1) is 16.2. The van der Waals surface area contributed by atoms with Gasteiger partial charge in [0.15, 0.2) is 0 Å². The summed E-state index contributed by atoms with van der Waals surface area (Å²) in [7, 11) is 1.66. The second kappa shape index (κ2) is 9.78. The Bertz CT molecular complexity index is 1100. The Hall–Kier alpha value is -2.87. The Morgan fingerprint density at radius 3 is 2.71 bits per heavy atom. The molecule has 2 N–H and O–H groups in total. The Labute approximate surface area is 205 Å². The van der Waals surface area contributed by atoms with Crippen molar-refractivity contribution in [1.82, 2.24) is 20.2 Å². The van der Waals surface area contributed by atoms with E-state index in [0.717, 1.165) is 49.9 Å². The van der Waals surface area contributed by atoms with Crippen LogP contribution in [0.4, 0.5) is 11.8 Å². The predicted molar refractivity (Wildman–Crippen MR) is 136 cm³/mol. The minimum atomic E-state index is -0.0587. The molecule has 0 bridgehead atoms. The normalized spacial score (nSPS) is 17.7. The van der Waals surface area contributed by atoms with Crippen LogP contribution in [0.25, 0.3) is 10.9 Å². The monoisotopic (exact) mass is 484 g/mol. The standard InChI is InChI=1S/C25H33ClN6O2/c1-5-22(34)32-14-25(15-32)8-9-31(13-25)24-29-20-11-17(26)6-7-19(20)23(30-24)28-18(10-16(2)3)12-21(33)27-4/h5-7,11,16,18H,1,8-10,12-15H2,2-4H3,(H,27,33)(H,28,29,30)/t18-/m0/s1. The lowest BCUT2D eigenvalue weighted by atomic mass is 9.79. The van der Waals surface area contributed by atoms with Gasteiger partial charge in [0.2, 0.25) is 17.8 Å². The summed E-state index contributed by atoms with van der Waals surface area (Å²) in [5, 5.41) is 7.74. The molecule has 8 nitrogen and oxygen atoms in total. The Balaban J connectivity index is 1.61. The molecule has 0 unspecified atom stereocenters. The minimum absolute atomic E-state index is 0.00938. The van der Waals surface area contributed by atoms with Crippen LogP contribution in [0.5, 0.6) is 0 Å². The van der Waals surface area contributed by atoms with Crippen LogP contribution >= 0.6 is 11.6 Å². The van der Waals surface area contributed by atoms with E-state index >= 15 is 0 Å². The van der Waals surface area contributed by atoms with E-state index in [2.05, 4.69) is 36.0 Å². The number of amides is 2. The number of anilines is 2. The second-order valence-electron chi connectivity index (χ2n) is 9.95. The first-order valence-corrected chi connectivity index (χ1v) is 12.2. The zero-order chi connectivity index (χ0) is 24.5. The highest BCUT2D eigenvalue weighted by Crippen LogP contribution is 2.41. The molecule has 0 aliphatic carbocycles. The zero-order valence-electron chi connectivity index (χ0n) is 20.1. The number of nitrogens with zero attached hydrogens (tertiary/aromatic N) is 4. The number of hydrogen-bond donors (Lipinski definition) is 2. The lowest BCUT2D eigenvalue weighted by Crippen LogP contribution is -2.59. The lowest BCUT2D eigenvalue weighted by molar-refractivity contribution is -0.136. The number of rotatable bonds is 8. The van der Waals surface area contributed by atoms with Crippen LogP contribution in [-0.2, 0) is 9.59 Å². The van der Waals surface area contributed by atoms with E-state index in [0.29, 0.717) is 29.1 Å². The van der Waals surface area contributed by atoms with Gasteiger partial charge in [-0.2, -0.15) is 4.98 Å². The summed E-state index contributed by atoms with van der Waals surface area (Å²) < 4.78 is 0. The van der Waals surface area contributed by atoms with Gasteiger partial charge >= 0.3 is 0 Å². The van der Waals surface area contributed by atoms with Crippen LogP contribution in [0.3, 0.4) is 0 Å². The molecule has 182 valence electrons. The molecule has 2 aliphatic rings. The fourth-order valence-corrected chi connectivity index (χ4v) is 5.20. The second-order valence-corrected chi connectivity index (χ2v) is 10.4. The van der Waals surface area contributed by atoms with Gasteiger partial charge in [0.05, 0.1) is 5.52 Å². The molecule has 1 aromatic heterocycles. The van der Waals surface area contributed by atoms with E-state index in [9.17, 15) is 9.59 Å². The van der Waals surface area contributed by atoms with Crippen molar-refractivity contribution < 1.29 is 9.59 Å². The number of benzene rings is 1. The summed E-state index contributed by atoms with van der Waals surface area (Å²) in [6.45, 7) is 11.0. The van der Waals surface area contributed by atoms with Gasteiger partial charge < -0.3 is 20.4 Å². The Morgan fingerprint density at radius 1 is 1.26 bits per heavy atom. The topological polar surface area (TPSA) is 90.5 Å². The van der Waals surface area contributed by atoms with Crippen molar-refractivity contribution in [1.29, 1.82) is 0 Å². The molecule has 34 heavy (non-hydrogen) atoms. The Kier molecular flexibility index (Phi) is 6.98. The summed E-state index contributed by atoms with van der Waals surface area (Å²) in [4.78, 5) is 37.8. The predicted octanol–water partition coefficient (Wildman–Crippen LogP) is 3.47. The van der Waals surface area contributed by atoms with E-state index in [1.54, 1.807) is 7.05 Å². The molecular weight excluding hydrogens is 452 g/mol. The van der Waals surface area contributed by atoms with Crippen molar-refractivity contribution >= 4 is 46.1 Å². The highest BCUT2D eigenvalue weighted by Gasteiger charge is 2.49. The highest BCUT2D eigenvalue weighted by molar-refractivity contribution is 6.31. The number of likely N-dealkylation sites (tertiary alicyclic amines) is 1. The van der Waals surface area contributed by atoms with E-state index in [-0.39, 0.29) is 23.3 Å². The largest absolute Gasteiger partial charge is 0.366 e. The van der Waals surface area contributed by atoms with Crippen LogP contribution in [0.1, 0.15) is 33.1 Å². The molecule has 4 rings (SSSR count). The van der Waals surface area contributed by atoms with Crippen LogP contribution < -0.4 is 15.5 Å². The molecule has 1 aromatic carbocycles. The van der Waals surface area contributed by atoms with Gasteiger partial charge in [0, 0.05) is 61.5 Å². The summed E-state index contributed by atoms with van der Waals surface area (Å²) in [6, 6.07) is 5.55. The van der Waals surface area contributed by atoms with Crippen molar-refractivity contribution in [2.24, 2.45) is 11.3 Å². The number of fused-ring (bicyclic) bond motifs is 1. The molecular formula is C25H33ClN6O2. The van der Waals surface area contributed by atoms with Crippen LogP contribution in [-0.4, -0.2) is 66.0 Å². The zero-order valence-corrected chi connectivity index (χ0v) is 20.9. The average Bonchev–Trinajstić information content (AvgIpc) is 3.22. The first kappa shape index (κ1) is 24.3. The Morgan fingerprint density at radius 2 is 2.03 bits per heavy atom. The third-order valence-electron chi connectivity index (χ3n) is 6.71. The molecule has 9 heteroatoms. The van der Waals surface area contributed by atoms with Crippen LogP contribution in [0, 0.1) is 11.3 Å². The molecule has 0 radical (unpaired) electrons. The van der Waals surface area contributed by atoms with Crippen molar-refractivity contribution in [2.75, 3.05) is 43.4 Å². The van der Waals surface area contributed by atoms with E-state index in [1.807, 2.05) is 23.1 Å². The van der Waals surface area contributed by atoms with Crippen molar-refractivity contribution in [3.05, 3.63) is 35.9 Å². The van der Waals surface area contributed by atoms with Gasteiger partial charge in [-0.15, -0.1) is 0 Å². The number of aromatic nitrogens is 2. The van der Waals surface area contributed by atoms with Crippen molar-refractivity contribution in [3.63, 3.8) is 0 Å². The quantitative estimate of drug-likeness (QED) is 0.557. The van der Waals surface area contributed by atoms with Gasteiger partial charge in [0.1, 0.15) is 5.82 Å². The smallest absolute Gasteiger partial charge is 0.245 e. The summed E-state index contributed by atoms with van der Waals surface area (Å²) in [5.41, 5.74) is 0.847. The first-order valence-electron chi connectivity index (χ1n) is 11.8. The molecule has 2 fully saturated rings. The summed E-state index contributed by atoms with van der Waals surface area (Å²) in [6.07, 6.45) is 3.56. The maximum absolute atomic E-state index is 12.1. The number of halogens is 1. The van der Waals surface area contributed by atoms with Crippen LogP contribution in [0.15, 0.2) is 30.9 Å². The summed E-state index contributed by atoms with van der Waals surface area (Å²) >= 11 is 6.29. The SMILES string of the molecule is C=CC(=O)N1CC2(CCN(c3nc(N[C@H](CC(=O)NC)CC(C)C)c4ccc(Cl)cc4n3)C2)C1. The molecule has 1 atom stereocenters. The van der Waals surface area contributed by atoms with E-state index in [1.165, 1.54) is 6.08 Å². The van der Waals surface area contributed by atoms with Gasteiger partial charge in [-0.1, -0.05) is 32.0 Å². The van der Waals surface area contributed by atoms with Crippen molar-refractivity contribution in [2.45, 2.75) is 39.2 Å². The number of hydrogen-bond acceptors (Lipinski definition) is 6. The van der Waals surface area contributed by atoms with Crippen LogP contribution in [0.2, 0.25) is 5.02 Å². The molecule has 2 saturated heterocycles. The highest BCUT2D eigenvalue weighted by atomic mass is 35.5. The number of nitrogens with one attached hydrogen (secondary N) is 2. The molecule has 2 amide bonds. The molecule has 3 heterocycles. The van der Waals surface area contributed by atoms with Gasteiger partial charge in [-0.25, -0.2) is 4.98 Å². The van der Waals surface area contributed by atoms with E-state index in [4.69, 9.17) is 21.6 Å². The van der Waals surface area contributed by atoms with E-state index < -0.39 is 0 Å². The molecule has 2 aromatic rings. The van der Waals surface area contributed by atoms with Gasteiger partial charge in [-0.3, -0.25) is 9.59 Å². The third-order valence-corrected chi connectivity index (χ3v) is 6.95. The number of carbonyl (C=O) groups excluding carboxylic acids is 2. The van der Waals surface area contributed by atoms with Gasteiger partial charge in [-0.05, 0) is 43.0 Å². The summed E-state index contributed by atoms with van der Waals surface area (Å²) in [5.74, 6) is 1.75.